The van der Waals surface area contributed by atoms with Crippen molar-refractivity contribution in [2.24, 2.45) is 0 Å². The summed E-state index contributed by atoms with van der Waals surface area (Å²) in [7, 11) is -2.21. The lowest BCUT2D eigenvalue weighted by atomic mass is 10.1. The van der Waals surface area contributed by atoms with Gasteiger partial charge in [0.15, 0.2) is 5.11 Å². The van der Waals surface area contributed by atoms with Gasteiger partial charge in [-0.2, -0.15) is 0 Å². The molecular formula is C25H22ClN3O4S3. The molecule has 36 heavy (non-hydrogen) atoms. The van der Waals surface area contributed by atoms with Gasteiger partial charge in [-0.25, -0.2) is 8.42 Å². The number of methoxy groups -OCH3 is 1. The highest BCUT2D eigenvalue weighted by Crippen LogP contribution is 2.37. The highest BCUT2D eigenvalue weighted by Gasteiger charge is 2.19. The quantitative estimate of drug-likeness (QED) is 0.247. The number of aryl methyl sites for hydroxylation is 2. The number of carbonyl (C=O) groups excluding carboxylic acids is 1. The van der Waals surface area contributed by atoms with Gasteiger partial charge in [0.1, 0.15) is 10.6 Å². The van der Waals surface area contributed by atoms with Crippen LogP contribution >= 0.6 is 35.2 Å². The standard InChI is InChI=1S/C25H22ClN3O4S3/c1-14-4-11-20(15(2)12-14)29-36(31,32)18-8-5-16(6-9-18)27-25(34)28-24(30)23-22(26)19-10-7-17(33-3)13-21(19)35-23/h4-13,29H,1-3H3,(H2,27,28,30,34). The van der Waals surface area contributed by atoms with E-state index < -0.39 is 15.9 Å². The molecule has 1 aromatic heterocycles. The molecule has 0 aliphatic rings. The molecule has 0 bridgehead atoms. The van der Waals surface area contributed by atoms with Gasteiger partial charge in [0.25, 0.3) is 15.9 Å². The molecule has 0 saturated carbocycles. The predicted octanol–water partition coefficient (Wildman–Crippen LogP) is 6.11. The van der Waals surface area contributed by atoms with Crippen molar-refractivity contribution in [1.82, 2.24) is 5.32 Å². The number of halogens is 1. The molecule has 0 unspecified atom stereocenters. The molecule has 3 aromatic carbocycles. The van der Waals surface area contributed by atoms with Gasteiger partial charge in [-0.3, -0.25) is 14.8 Å². The smallest absolute Gasteiger partial charge is 0.269 e. The van der Waals surface area contributed by atoms with Crippen LogP contribution < -0.4 is 20.1 Å². The Balaban J connectivity index is 1.42. The summed E-state index contributed by atoms with van der Waals surface area (Å²) in [6, 6.07) is 16.9. The number of thiocarbonyl (C=S) groups is 1. The second-order valence-electron chi connectivity index (χ2n) is 7.96. The molecule has 0 radical (unpaired) electrons. The molecule has 0 fully saturated rings. The van der Waals surface area contributed by atoms with E-state index in [0.29, 0.717) is 27.0 Å². The number of amides is 1. The molecular weight excluding hydrogens is 538 g/mol. The molecule has 7 nitrogen and oxygen atoms in total. The second-order valence-corrected chi connectivity index (χ2v) is 11.5. The SMILES string of the molecule is COc1ccc2c(Cl)c(C(=O)NC(=S)Nc3ccc(S(=O)(=O)Nc4ccc(C)cc4C)cc3)sc2c1. The molecule has 3 N–H and O–H groups in total. The Labute approximate surface area is 223 Å². The average molecular weight is 560 g/mol. The zero-order valence-electron chi connectivity index (χ0n) is 19.5. The van der Waals surface area contributed by atoms with Gasteiger partial charge >= 0.3 is 0 Å². The Morgan fingerprint density at radius 2 is 1.75 bits per heavy atom. The summed E-state index contributed by atoms with van der Waals surface area (Å²) in [5.41, 5.74) is 2.91. The zero-order chi connectivity index (χ0) is 26.0. The average Bonchev–Trinajstić information content (AvgIpc) is 3.17. The van der Waals surface area contributed by atoms with E-state index in [1.54, 1.807) is 37.4 Å². The third-order valence-electron chi connectivity index (χ3n) is 5.32. The van der Waals surface area contributed by atoms with Crippen molar-refractivity contribution in [3.8, 4) is 5.75 Å². The second kappa shape index (κ2) is 10.4. The van der Waals surface area contributed by atoms with Gasteiger partial charge in [0.2, 0.25) is 0 Å². The van der Waals surface area contributed by atoms with Crippen LogP contribution in [0.2, 0.25) is 5.02 Å². The van der Waals surface area contributed by atoms with Crippen molar-refractivity contribution in [3.63, 3.8) is 0 Å². The number of ether oxygens (including phenoxy) is 1. The van der Waals surface area contributed by atoms with Crippen LogP contribution in [0, 0.1) is 13.8 Å². The fourth-order valence-electron chi connectivity index (χ4n) is 3.49. The summed E-state index contributed by atoms with van der Waals surface area (Å²) in [5.74, 6) is 0.216. The molecule has 1 amide bonds. The van der Waals surface area contributed by atoms with Crippen molar-refractivity contribution in [2.75, 3.05) is 17.1 Å². The van der Waals surface area contributed by atoms with E-state index in [1.807, 2.05) is 32.0 Å². The number of benzene rings is 3. The fraction of sp³-hybridized carbons (Fsp3) is 0.120. The van der Waals surface area contributed by atoms with Crippen LogP contribution in [0.4, 0.5) is 11.4 Å². The molecule has 1 heterocycles. The highest BCUT2D eigenvalue weighted by atomic mass is 35.5. The summed E-state index contributed by atoms with van der Waals surface area (Å²) in [5, 5.41) is 6.63. The summed E-state index contributed by atoms with van der Waals surface area (Å²) in [6.45, 7) is 3.79. The highest BCUT2D eigenvalue weighted by molar-refractivity contribution is 7.92. The van der Waals surface area contributed by atoms with E-state index in [-0.39, 0.29) is 10.0 Å². The van der Waals surface area contributed by atoms with E-state index in [0.717, 1.165) is 21.2 Å². The van der Waals surface area contributed by atoms with Crippen molar-refractivity contribution >= 4 is 77.7 Å². The van der Waals surface area contributed by atoms with Crippen LogP contribution in [0.1, 0.15) is 20.8 Å². The molecule has 186 valence electrons. The molecule has 0 saturated heterocycles. The van der Waals surface area contributed by atoms with Crippen molar-refractivity contribution in [3.05, 3.63) is 81.7 Å². The van der Waals surface area contributed by atoms with E-state index in [1.165, 1.54) is 23.5 Å². The zero-order valence-corrected chi connectivity index (χ0v) is 22.7. The molecule has 4 rings (SSSR count). The van der Waals surface area contributed by atoms with Crippen LogP contribution in [-0.2, 0) is 10.0 Å². The minimum Gasteiger partial charge on any atom is -0.497 e. The number of rotatable bonds is 6. The van der Waals surface area contributed by atoms with Gasteiger partial charge in [-0.1, -0.05) is 29.3 Å². The Morgan fingerprint density at radius 1 is 1.03 bits per heavy atom. The lowest BCUT2D eigenvalue weighted by Gasteiger charge is -2.12. The Hall–Kier alpha value is -3.18. The van der Waals surface area contributed by atoms with Crippen LogP contribution in [-0.4, -0.2) is 26.5 Å². The number of hydrogen-bond acceptors (Lipinski definition) is 6. The summed E-state index contributed by atoms with van der Waals surface area (Å²) < 4.78 is 34.2. The summed E-state index contributed by atoms with van der Waals surface area (Å²) >= 11 is 12.9. The monoisotopic (exact) mass is 559 g/mol. The third-order valence-corrected chi connectivity index (χ3v) is 8.56. The van der Waals surface area contributed by atoms with Crippen molar-refractivity contribution in [2.45, 2.75) is 18.7 Å². The van der Waals surface area contributed by atoms with Gasteiger partial charge in [0.05, 0.1) is 22.7 Å². The maximum atomic E-state index is 12.8. The number of nitrogens with one attached hydrogen (secondary N) is 3. The number of sulfonamides is 1. The van der Waals surface area contributed by atoms with Crippen LogP contribution in [0.15, 0.2) is 65.6 Å². The molecule has 0 atom stereocenters. The minimum absolute atomic E-state index is 0.0510. The first-order valence-corrected chi connectivity index (χ1v) is 13.7. The van der Waals surface area contributed by atoms with Crippen LogP contribution in [0.5, 0.6) is 5.75 Å². The van der Waals surface area contributed by atoms with Crippen molar-refractivity contribution < 1.29 is 17.9 Å². The Bertz CT molecular complexity index is 1580. The minimum atomic E-state index is -3.77. The molecule has 0 spiro atoms. The Kier molecular flexibility index (Phi) is 7.51. The lowest BCUT2D eigenvalue weighted by Crippen LogP contribution is -2.33. The normalized spacial score (nSPS) is 11.2. The van der Waals surface area contributed by atoms with Gasteiger partial charge in [-0.15, -0.1) is 11.3 Å². The number of hydrogen-bond donors (Lipinski definition) is 3. The number of thiophene rings is 1. The van der Waals surface area contributed by atoms with Gasteiger partial charge < -0.3 is 10.1 Å². The number of carbonyl (C=O) groups is 1. The van der Waals surface area contributed by atoms with E-state index in [4.69, 9.17) is 28.6 Å². The molecule has 0 aliphatic heterocycles. The first-order chi connectivity index (χ1) is 17.1. The molecule has 0 aliphatic carbocycles. The maximum absolute atomic E-state index is 12.8. The first kappa shape index (κ1) is 25.9. The van der Waals surface area contributed by atoms with Crippen LogP contribution in [0.25, 0.3) is 10.1 Å². The lowest BCUT2D eigenvalue weighted by molar-refractivity contribution is 0.0982. The van der Waals surface area contributed by atoms with Crippen LogP contribution in [0.3, 0.4) is 0 Å². The van der Waals surface area contributed by atoms with Gasteiger partial charge in [0, 0.05) is 15.8 Å². The maximum Gasteiger partial charge on any atom is 0.269 e. The molecule has 11 heteroatoms. The first-order valence-electron chi connectivity index (χ1n) is 10.7. The van der Waals surface area contributed by atoms with E-state index in [9.17, 15) is 13.2 Å². The summed E-state index contributed by atoms with van der Waals surface area (Å²) in [4.78, 5) is 13.2. The van der Waals surface area contributed by atoms with Gasteiger partial charge in [-0.05, 0) is 80.2 Å². The third kappa shape index (κ3) is 5.62. The molecule has 4 aromatic rings. The fourth-order valence-corrected chi connectivity index (χ4v) is 6.27. The number of anilines is 2. The van der Waals surface area contributed by atoms with E-state index >= 15 is 0 Å². The number of fused-ring (bicyclic) bond motifs is 1. The van der Waals surface area contributed by atoms with E-state index in [2.05, 4.69) is 15.4 Å². The predicted molar refractivity (Wildman–Crippen MR) is 150 cm³/mol. The van der Waals surface area contributed by atoms with Crippen molar-refractivity contribution in [1.29, 1.82) is 0 Å². The largest absolute Gasteiger partial charge is 0.497 e. The topological polar surface area (TPSA) is 96.5 Å². The summed E-state index contributed by atoms with van der Waals surface area (Å²) in [6.07, 6.45) is 0. The Morgan fingerprint density at radius 3 is 2.42 bits per heavy atom.